The molecule has 1 heterocycles. The zero-order valence-corrected chi connectivity index (χ0v) is 12.3. The number of nitro groups is 1. The second kappa shape index (κ2) is 5.75. The molecule has 1 saturated carbocycles. The average molecular weight is 303 g/mol. The number of amides is 1. The van der Waals surface area contributed by atoms with Gasteiger partial charge in [-0.05, 0) is 25.3 Å². The summed E-state index contributed by atoms with van der Waals surface area (Å²) >= 11 is 0. The molecule has 116 valence electrons. The van der Waals surface area contributed by atoms with Gasteiger partial charge >= 0.3 is 0 Å². The fourth-order valence-corrected chi connectivity index (χ4v) is 2.73. The van der Waals surface area contributed by atoms with Gasteiger partial charge < -0.3 is 9.74 Å². The fraction of sp³-hybridized carbons (Fsp3) is 0.467. The first kappa shape index (κ1) is 14.5. The number of para-hydroxylation sites is 1. The van der Waals surface area contributed by atoms with E-state index in [0.717, 1.165) is 19.3 Å². The van der Waals surface area contributed by atoms with E-state index in [2.05, 4.69) is 5.16 Å². The van der Waals surface area contributed by atoms with Crippen molar-refractivity contribution in [1.29, 1.82) is 0 Å². The van der Waals surface area contributed by atoms with Crippen LogP contribution in [0.25, 0.3) is 0 Å². The highest BCUT2D eigenvalue weighted by molar-refractivity contribution is 6.06. The topological polar surface area (TPSA) is 85.0 Å². The van der Waals surface area contributed by atoms with Crippen LogP contribution >= 0.6 is 0 Å². The Labute approximate surface area is 127 Å². The maximum Gasteiger partial charge on any atom is 0.278 e. The van der Waals surface area contributed by atoms with Crippen molar-refractivity contribution >= 4 is 17.3 Å². The van der Waals surface area contributed by atoms with E-state index in [0.29, 0.717) is 11.3 Å². The smallest absolute Gasteiger partial charge is 0.278 e. The number of benzene rings is 1. The second-order valence-electron chi connectivity index (χ2n) is 5.64. The van der Waals surface area contributed by atoms with E-state index < -0.39 is 11.0 Å². The van der Waals surface area contributed by atoms with Gasteiger partial charge in [0.1, 0.15) is 0 Å². The molecule has 1 aliphatic heterocycles. The van der Waals surface area contributed by atoms with Crippen LogP contribution in [0.2, 0.25) is 0 Å². The molecule has 0 saturated heterocycles. The maximum atomic E-state index is 12.4. The molecule has 0 unspecified atom stereocenters. The number of rotatable bonds is 4. The standard InChI is InChI=1S/C15H17N3O4/c1-17(10-5-4-6-10)15(19)14-9-12(16-22-14)11-7-2-3-8-13(11)18(20)21/h2-3,7-8,10,14H,4-6,9H2,1H3/t14-/m1/s1. The first-order valence-corrected chi connectivity index (χ1v) is 7.31. The zero-order chi connectivity index (χ0) is 15.7. The number of oxime groups is 1. The third-order valence-electron chi connectivity index (χ3n) is 4.33. The van der Waals surface area contributed by atoms with Crippen molar-refractivity contribution in [3.63, 3.8) is 0 Å². The van der Waals surface area contributed by atoms with Crippen molar-refractivity contribution in [3.05, 3.63) is 39.9 Å². The molecule has 1 atom stereocenters. The summed E-state index contributed by atoms with van der Waals surface area (Å²) in [5, 5.41) is 15.0. The van der Waals surface area contributed by atoms with Crippen LogP contribution in [0.4, 0.5) is 5.69 Å². The molecule has 0 aromatic heterocycles. The number of nitro benzene ring substituents is 1. The summed E-state index contributed by atoms with van der Waals surface area (Å²) in [6.07, 6.45) is 2.77. The predicted molar refractivity (Wildman–Crippen MR) is 79.5 cm³/mol. The van der Waals surface area contributed by atoms with Crippen molar-refractivity contribution < 1.29 is 14.6 Å². The Bertz CT molecular complexity index is 639. The normalized spacial score (nSPS) is 20.8. The lowest BCUT2D eigenvalue weighted by Crippen LogP contribution is -2.46. The second-order valence-corrected chi connectivity index (χ2v) is 5.64. The van der Waals surface area contributed by atoms with E-state index in [9.17, 15) is 14.9 Å². The molecule has 1 fully saturated rings. The molecule has 22 heavy (non-hydrogen) atoms. The van der Waals surface area contributed by atoms with Gasteiger partial charge in [0.05, 0.1) is 16.2 Å². The number of carbonyl (C=O) groups excluding carboxylic acids is 1. The Morgan fingerprint density at radius 1 is 1.41 bits per heavy atom. The van der Waals surface area contributed by atoms with Crippen molar-refractivity contribution in [1.82, 2.24) is 4.90 Å². The molecule has 1 aromatic carbocycles. The number of hydrogen-bond acceptors (Lipinski definition) is 5. The van der Waals surface area contributed by atoms with Crippen LogP contribution in [-0.4, -0.2) is 40.6 Å². The molecule has 1 amide bonds. The SMILES string of the molecule is CN(C(=O)[C@H]1CC(c2ccccc2[N+](=O)[O-])=NO1)C1CCC1. The molecule has 7 heteroatoms. The molecule has 0 N–H and O–H groups in total. The van der Waals surface area contributed by atoms with Crippen LogP contribution in [0.15, 0.2) is 29.4 Å². The fourth-order valence-electron chi connectivity index (χ4n) is 2.73. The van der Waals surface area contributed by atoms with E-state index >= 15 is 0 Å². The van der Waals surface area contributed by atoms with Crippen LogP contribution in [0.3, 0.4) is 0 Å². The molecule has 1 aromatic rings. The quantitative estimate of drug-likeness (QED) is 0.629. The Morgan fingerprint density at radius 2 is 2.14 bits per heavy atom. The molecular weight excluding hydrogens is 286 g/mol. The van der Waals surface area contributed by atoms with Crippen LogP contribution in [-0.2, 0) is 9.63 Å². The first-order chi connectivity index (χ1) is 10.6. The van der Waals surface area contributed by atoms with E-state index in [1.54, 1.807) is 30.1 Å². The van der Waals surface area contributed by atoms with Gasteiger partial charge in [0.25, 0.3) is 11.6 Å². The molecule has 0 bridgehead atoms. The Hall–Kier alpha value is -2.44. The first-order valence-electron chi connectivity index (χ1n) is 7.31. The van der Waals surface area contributed by atoms with Gasteiger partial charge in [-0.25, -0.2) is 0 Å². The monoisotopic (exact) mass is 303 g/mol. The minimum atomic E-state index is -0.680. The number of nitrogens with zero attached hydrogens (tertiary/aromatic N) is 3. The Kier molecular flexibility index (Phi) is 3.79. The summed E-state index contributed by atoms with van der Waals surface area (Å²) in [7, 11) is 1.78. The summed E-state index contributed by atoms with van der Waals surface area (Å²) < 4.78 is 0. The van der Waals surface area contributed by atoms with Crippen molar-refractivity contribution in [2.75, 3.05) is 7.05 Å². The lowest BCUT2D eigenvalue weighted by Gasteiger charge is -2.35. The van der Waals surface area contributed by atoms with Gasteiger partial charge in [0.15, 0.2) is 0 Å². The lowest BCUT2D eigenvalue weighted by molar-refractivity contribution is -0.385. The maximum absolute atomic E-state index is 12.4. The Balaban J connectivity index is 1.72. The summed E-state index contributed by atoms with van der Waals surface area (Å²) in [5.41, 5.74) is 0.840. The highest BCUT2D eigenvalue weighted by atomic mass is 16.6. The van der Waals surface area contributed by atoms with E-state index in [1.807, 2.05) is 0 Å². The zero-order valence-electron chi connectivity index (χ0n) is 12.3. The number of likely N-dealkylation sites (N-methyl/N-ethyl adjacent to an activating group) is 1. The third kappa shape index (κ3) is 2.54. The molecule has 0 radical (unpaired) electrons. The molecule has 0 spiro atoms. The lowest BCUT2D eigenvalue weighted by atomic mass is 9.91. The van der Waals surface area contributed by atoms with Gasteiger partial charge in [0, 0.05) is 25.6 Å². The van der Waals surface area contributed by atoms with Gasteiger partial charge in [-0.2, -0.15) is 0 Å². The Morgan fingerprint density at radius 3 is 2.77 bits per heavy atom. The van der Waals surface area contributed by atoms with Crippen LogP contribution in [0.1, 0.15) is 31.2 Å². The van der Waals surface area contributed by atoms with Gasteiger partial charge in [-0.15, -0.1) is 0 Å². The van der Waals surface area contributed by atoms with Crippen LogP contribution in [0.5, 0.6) is 0 Å². The van der Waals surface area contributed by atoms with E-state index in [-0.39, 0.29) is 24.1 Å². The molecule has 2 aliphatic rings. The number of carbonyl (C=O) groups is 1. The average Bonchev–Trinajstić information content (AvgIpc) is 2.94. The largest absolute Gasteiger partial charge is 0.382 e. The molecule has 7 nitrogen and oxygen atoms in total. The van der Waals surface area contributed by atoms with Gasteiger partial charge in [-0.1, -0.05) is 17.3 Å². The van der Waals surface area contributed by atoms with Crippen LogP contribution in [0, 0.1) is 10.1 Å². The van der Waals surface area contributed by atoms with Crippen molar-refractivity contribution in [2.24, 2.45) is 5.16 Å². The van der Waals surface area contributed by atoms with Gasteiger partial charge in [0.2, 0.25) is 6.10 Å². The number of hydrogen-bond donors (Lipinski definition) is 0. The highest BCUT2D eigenvalue weighted by Crippen LogP contribution is 2.28. The van der Waals surface area contributed by atoms with Crippen molar-refractivity contribution in [2.45, 2.75) is 37.8 Å². The van der Waals surface area contributed by atoms with Gasteiger partial charge in [-0.3, -0.25) is 14.9 Å². The molecule has 3 rings (SSSR count). The van der Waals surface area contributed by atoms with E-state index in [4.69, 9.17) is 4.84 Å². The minimum absolute atomic E-state index is 0.0229. The van der Waals surface area contributed by atoms with Crippen molar-refractivity contribution in [3.8, 4) is 0 Å². The summed E-state index contributed by atoms with van der Waals surface area (Å²) in [6, 6.07) is 6.65. The molecular formula is C15H17N3O4. The highest BCUT2D eigenvalue weighted by Gasteiger charge is 2.36. The summed E-state index contributed by atoms with van der Waals surface area (Å²) in [4.78, 5) is 29.9. The third-order valence-corrected chi connectivity index (χ3v) is 4.33. The van der Waals surface area contributed by atoms with Crippen LogP contribution < -0.4 is 0 Å². The molecule has 1 aliphatic carbocycles. The minimum Gasteiger partial charge on any atom is -0.382 e. The summed E-state index contributed by atoms with van der Waals surface area (Å²) in [5.74, 6) is -0.109. The predicted octanol–water partition coefficient (Wildman–Crippen LogP) is 2.10. The summed E-state index contributed by atoms with van der Waals surface area (Å²) in [6.45, 7) is 0. The van der Waals surface area contributed by atoms with E-state index in [1.165, 1.54) is 6.07 Å².